The summed E-state index contributed by atoms with van der Waals surface area (Å²) in [5.41, 5.74) is 8.91. The van der Waals surface area contributed by atoms with Crippen LogP contribution in [0.4, 0.5) is 5.82 Å². The number of nitrogens with zero attached hydrogens (tertiary/aromatic N) is 3. The lowest BCUT2D eigenvalue weighted by Gasteiger charge is -2.26. The Morgan fingerprint density at radius 1 is 1.33 bits per heavy atom. The molecule has 0 bridgehead atoms. The minimum atomic E-state index is 0.0310. The molecular weight excluding hydrogens is 406 g/mol. The number of piperidine rings is 1. The van der Waals surface area contributed by atoms with Gasteiger partial charge in [-0.05, 0) is 61.6 Å². The molecule has 1 fully saturated rings. The first-order valence-corrected chi connectivity index (χ1v) is 9.93. The number of nitrogens with one attached hydrogen (secondary N) is 1. The van der Waals surface area contributed by atoms with Gasteiger partial charge < -0.3 is 11.1 Å². The van der Waals surface area contributed by atoms with Gasteiger partial charge in [0.1, 0.15) is 10.3 Å². The lowest BCUT2D eigenvalue weighted by Crippen LogP contribution is -2.35. The molecule has 2 heterocycles. The molecule has 6 nitrogen and oxygen atoms in total. The summed E-state index contributed by atoms with van der Waals surface area (Å²) in [6.07, 6.45) is 3.88. The molecule has 0 spiro atoms. The van der Waals surface area contributed by atoms with Crippen molar-refractivity contribution in [3.05, 3.63) is 51.9 Å². The van der Waals surface area contributed by atoms with Crippen LogP contribution in [0.2, 0.25) is 0 Å². The van der Waals surface area contributed by atoms with Gasteiger partial charge in [0.15, 0.2) is 11.6 Å². The Balaban J connectivity index is 2.04. The highest BCUT2D eigenvalue weighted by Crippen LogP contribution is 2.22. The maximum absolute atomic E-state index is 11.6. The monoisotopic (exact) mass is 429 g/mol. The second-order valence-corrected chi connectivity index (χ2v) is 7.70. The zero-order chi connectivity index (χ0) is 19.4. The van der Waals surface area contributed by atoms with Crippen molar-refractivity contribution in [1.29, 1.82) is 0 Å². The van der Waals surface area contributed by atoms with E-state index in [1.54, 1.807) is 13.1 Å². The summed E-state index contributed by atoms with van der Waals surface area (Å²) in [5.74, 6) is 0.830. The van der Waals surface area contributed by atoms with Crippen molar-refractivity contribution >= 4 is 33.2 Å². The third kappa shape index (κ3) is 4.78. The van der Waals surface area contributed by atoms with E-state index in [1.807, 2.05) is 24.3 Å². The number of carbonyl (C=O) groups excluding carboxylic acids is 1. The molecule has 1 aromatic heterocycles. The number of nitrogen functional groups attached to an aromatic ring is 1. The number of benzene rings is 1. The summed E-state index contributed by atoms with van der Waals surface area (Å²) in [6, 6.07) is 7.51. The summed E-state index contributed by atoms with van der Waals surface area (Å²) in [4.78, 5) is 25.3. The molecule has 27 heavy (non-hydrogen) atoms. The van der Waals surface area contributed by atoms with Crippen LogP contribution in [0.25, 0.3) is 0 Å². The van der Waals surface area contributed by atoms with E-state index >= 15 is 0 Å². The van der Waals surface area contributed by atoms with E-state index in [1.165, 1.54) is 0 Å². The van der Waals surface area contributed by atoms with E-state index < -0.39 is 0 Å². The quantitative estimate of drug-likeness (QED) is 0.561. The smallest absolute Gasteiger partial charge is 0.159 e. The second-order valence-electron chi connectivity index (χ2n) is 6.88. The van der Waals surface area contributed by atoms with Crippen molar-refractivity contribution in [3.63, 3.8) is 0 Å². The number of hydrogen-bond donors (Lipinski definition) is 2. The standard InChI is InChI=1S/C20H24BrN5O/c1-12(16-4-3-9-23-10-16)25-18(19-20(22)24-11-17(21)26-19)15-7-5-14(6-8-15)13(2)27/h5-8,11-12,16,23H,3-4,9-10H2,1-2H3,(H2,22,24). The van der Waals surface area contributed by atoms with Gasteiger partial charge in [0.05, 0.1) is 18.0 Å². The molecule has 0 saturated carbocycles. The van der Waals surface area contributed by atoms with Crippen molar-refractivity contribution in [3.8, 4) is 0 Å². The number of ketones is 1. The Bertz CT molecular complexity index is 844. The van der Waals surface area contributed by atoms with Crippen molar-refractivity contribution < 1.29 is 4.79 Å². The van der Waals surface area contributed by atoms with Crippen LogP contribution in [0.3, 0.4) is 0 Å². The molecule has 3 rings (SSSR count). The number of anilines is 1. The summed E-state index contributed by atoms with van der Waals surface area (Å²) in [5, 5.41) is 3.44. The van der Waals surface area contributed by atoms with E-state index in [0.29, 0.717) is 33.3 Å². The van der Waals surface area contributed by atoms with Gasteiger partial charge in [-0.15, -0.1) is 0 Å². The summed E-state index contributed by atoms with van der Waals surface area (Å²) >= 11 is 3.37. The molecule has 2 unspecified atom stereocenters. The summed E-state index contributed by atoms with van der Waals surface area (Å²) in [7, 11) is 0. The fourth-order valence-electron chi connectivity index (χ4n) is 3.29. The normalized spacial score (nSPS) is 18.9. The van der Waals surface area contributed by atoms with Crippen LogP contribution < -0.4 is 11.1 Å². The molecule has 1 saturated heterocycles. The van der Waals surface area contributed by atoms with Gasteiger partial charge in [0, 0.05) is 11.1 Å². The molecule has 0 radical (unpaired) electrons. The van der Waals surface area contributed by atoms with Crippen LogP contribution in [0.1, 0.15) is 48.3 Å². The largest absolute Gasteiger partial charge is 0.382 e. The van der Waals surface area contributed by atoms with Crippen LogP contribution in [0, 0.1) is 5.92 Å². The van der Waals surface area contributed by atoms with E-state index in [4.69, 9.17) is 10.7 Å². The number of aliphatic imine (C=N–C) groups is 1. The lowest BCUT2D eigenvalue weighted by atomic mass is 9.92. The summed E-state index contributed by atoms with van der Waals surface area (Å²) in [6.45, 7) is 5.71. The molecule has 7 heteroatoms. The number of rotatable bonds is 5. The maximum atomic E-state index is 11.6. The number of carbonyl (C=O) groups is 1. The molecule has 1 aliphatic heterocycles. The number of aromatic nitrogens is 2. The summed E-state index contributed by atoms with van der Waals surface area (Å²) < 4.78 is 0.603. The minimum absolute atomic E-state index is 0.0310. The molecule has 0 aliphatic carbocycles. The Labute approximate surface area is 167 Å². The topological polar surface area (TPSA) is 93.3 Å². The van der Waals surface area contributed by atoms with E-state index in [0.717, 1.165) is 31.5 Å². The Hall–Kier alpha value is -2.12. The molecule has 0 amide bonds. The first-order chi connectivity index (χ1) is 13.0. The van der Waals surface area contributed by atoms with Gasteiger partial charge in [-0.2, -0.15) is 0 Å². The average Bonchev–Trinajstić information content (AvgIpc) is 2.69. The minimum Gasteiger partial charge on any atom is -0.382 e. The second kappa shape index (κ2) is 8.71. The number of nitrogens with two attached hydrogens (primary N) is 1. The predicted octanol–water partition coefficient (Wildman–Crippen LogP) is 3.25. The molecule has 3 N–H and O–H groups in total. The molecule has 2 aromatic rings. The van der Waals surface area contributed by atoms with E-state index in [2.05, 4.69) is 38.1 Å². The van der Waals surface area contributed by atoms with Gasteiger partial charge >= 0.3 is 0 Å². The Kier molecular flexibility index (Phi) is 6.34. The SMILES string of the molecule is CC(=O)c1ccc(C(=NC(C)C2CCCNC2)c2nc(Br)cnc2N)cc1. The highest BCUT2D eigenvalue weighted by Gasteiger charge is 2.22. The Morgan fingerprint density at radius 2 is 2.04 bits per heavy atom. The number of halogens is 1. The highest BCUT2D eigenvalue weighted by atomic mass is 79.9. The molecular formula is C20H24BrN5O. The third-order valence-electron chi connectivity index (χ3n) is 4.91. The van der Waals surface area contributed by atoms with Crippen LogP contribution >= 0.6 is 15.9 Å². The van der Waals surface area contributed by atoms with Gasteiger partial charge in [-0.3, -0.25) is 9.79 Å². The highest BCUT2D eigenvalue weighted by molar-refractivity contribution is 9.10. The van der Waals surface area contributed by atoms with Crippen LogP contribution in [0.5, 0.6) is 0 Å². The van der Waals surface area contributed by atoms with Gasteiger partial charge in [-0.1, -0.05) is 24.3 Å². The van der Waals surface area contributed by atoms with Crippen molar-refractivity contribution in [2.24, 2.45) is 10.9 Å². The fourth-order valence-corrected chi connectivity index (χ4v) is 3.57. The van der Waals surface area contributed by atoms with Gasteiger partial charge in [0.2, 0.25) is 0 Å². The molecule has 2 atom stereocenters. The Morgan fingerprint density at radius 3 is 2.67 bits per heavy atom. The maximum Gasteiger partial charge on any atom is 0.159 e. The number of Topliss-reactive ketones (excluding diaryl/α,β-unsaturated/α-hetero) is 1. The van der Waals surface area contributed by atoms with E-state index in [-0.39, 0.29) is 11.8 Å². The van der Waals surface area contributed by atoms with Crippen molar-refractivity contribution in [1.82, 2.24) is 15.3 Å². The first kappa shape index (κ1) is 19.6. The fraction of sp³-hybridized carbons (Fsp3) is 0.400. The lowest BCUT2D eigenvalue weighted by molar-refractivity contribution is 0.101. The van der Waals surface area contributed by atoms with Crippen LogP contribution in [-0.4, -0.2) is 40.6 Å². The first-order valence-electron chi connectivity index (χ1n) is 9.14. The predicted molar refractivity (Wildman–Crippen MR) is 111 cm³/mol. The zero-order valence-electron chi connectivity index (χ0n) is 15.6. The van der Waals surface area contributed by atoms with Gasteiger partial charge in [-0.25, -0.2) is 9.97 Å². The van der Waals surface area contributed by atoms with Crippen molar-refractivity contribution in [2.75, 3.05) is 18.8 Å². The van der Waals surface area contributed by atoms with E-state index in [9.17, 15) is 4.79 Å². The molecule has 1 aromatic carbocycles. The van der Waals surface area contributed by atoms with Crippen LogP contribution in [-0.2, 0) is 0 Å². The number of hydrogen-bond acceptors (Lipinski definition) is 6. The third-order valence-corrected chi connectivity index (χ3v) is 5.29. The molecule has 142 valence electrons. The molecule has 1 aliphatic rings. The van der Waals surface area contributed by atoms with Crippen molar-refractivity contribution in [2.45, 2.75) is 32.7 Å². The van der Waals surface area contributed by atoms with Crippen LogP contribution in [0.15, 0.2) is 40.1 Å². The zero-order valence-corrected chi connectivity index (χ0v) is 17.2. The average molecular weight is 430 g/mol. The van der Waals surface area contributed by atoms with Gasteiger partial charge in [0.25, 0.3) is 0 Å².